The number of hydrogen-bond donors (Lipinski definition) is 1. The second-order valence-corrected chi connectivity index (χ2v) is 4.50. The van der Waals surface area contributed by atoms with Gasteiger partial charge in [0.1, 0.15) is 0 Å². The molecule has 0 saturated heterocycles. The van der Waals surface area contributed by atoms with Crippen LogP contribution in [0.15, 0.2) is 28.2 Å². The van der Waals surface area contributed by atoms with Crippen molar-refractivity contribution in [2.75, 3.05) is 5.32 Å². The van der Waals surface area contributed by atoms with Crippen LogP contribution in [0.4, 0.5) is 5.69 Å². The number of nitrogens with one attached hydrogen (secondary N) is 1. The fraction of sp³-hybridized carbons (Fsp3) is 0.182. The van der Waals surface area contributed by atoms with Gasteiger partial charge in [0.15, 0.2) is 5.82 Å². The summed E-state index contributed by atoms with van der Waals surface area (Å²) in [7, 11) is 0. The second kappa shape index (κ2) is 4.14. The Labute approximate surface area is 101 Å². The van der Waals surface area contributed by atoms with E-state index in [0.29, 0.717) is 18.3 Å². The Bertz CT molecular complexity index is 646. The summed E-state index contributed by atoms with van der Waals surface area (Å²) in [5, 5.41) is 7.07. The highest BCUT2D eigenvalue weighted by Gasteiger charge is 2.02. The monoisotopic (exact) mass is 246 g/mol. The van der Waals surface area contributed by atoms with Crippen LogP contribution in [0.1, 0.15) is 11.7 Å². The SMILES string of the molecule is Cc1nc(CNc2ccc3ncsc3c2)no1. The van der Waals surface area contributed by atoms with Crippen molar-refractivity contribution in [1.29, 1.82) is 0 Å². The molecule has 0 saturated carbocycles. The van der Waals surface area contributed by atoms with Crippen LogP contribution in [0.5, 0.6) is 0 Å². The van der Waals surface area contributed by atoms with E-state index in [4.69, 9.17) is 4.52 Å². The molecule has 0 bridgehead atoms. The van der Waals surface area contributed by atoms with Gasteiger partial charge in [0.2, 0.25) is 5.89 Å². The lowest BCUT2D eigenvalue weighted by atomic mass is 10.3. The average Bonchev–Trinajstić information content (AvgIpc) is 2.94. The molecule has 2 heterocycles. The van der Waals surface area contributed by atoms with Crippen LogP contribution in [-0.2, 0) is 6.54 Å². The molecule has 0 amide bonds. The normalized spacial score (nSPS) is 10.9. The van der Waals surface area contributed by atoms with E-state index in [9.17, 15) is 0 Å². The van der Waals surface area contributed by atoms with Gasteiger partial charge >= 0.3 is 0 Å². The van der Waals surface area contributed by atoms with E-state index in [1.807, 2.05) is 17.6 Å². The lowest BCUT2D eigenvalue weighted by molar-refractivity contribution is 0.388. The predicted molar refractivity (Wildman–Crippen MR) is 66.0 cm³/mol. The standard InChI is InChI=1S/C11H10N4OS/c1-7-14-11(15-16-7)5-12-8-2-3-9-10(4-8)17-6-13-9/h2-4,6,12H,5H2,1H3. The van der Waals surface area contributed by atoms with Crippen LogP contribution in [0.2, 0.25) is 0 Å². The molecule has 0 aliphatic heterocycles. The highest BCUT2D eigenvalue weighted by atomic mass is 32.1. The largest absolute Gasteiger partial charge is 0.378 e. The quantitative estimate of drug-likeness (QED) is 0.769. The molecule has 3 rings (SSSR count). The summed E-state index contributed by atoms with van der Waals surface area (Å²) in [5.74, 6) is 1.24. The Balaban J connectivity index is 1.76. The first-order valence-corrected chi connectivity index (χ1v) is 6.05. The molecule has 0 atom stereocenters. The summed E-state index contributed by atoms with van der Waals surface area (Å²) in [4.78, 5) is 8.36. The molecule has 0 fully saturated rings. The van der Waals surface area contributed by atoms with E-state index in [2.05, 4.69) is 26.5 Å². The molecule has 6 heteroatoms. The maximum Gasteiger partial charge on any atom is 0.223 e. The molecule has 5 nitrogen and oxygen atoms in total. The number of aryl methyl sites for hydroxylation is 1. The summed E-state index contributed by atoms with van der Waals surface area (Å²) < 4.78 is 6.07. The Kier molecular flexibility index (Phi) is 2.49. The first kappa shape index (κ1) is 10.2. The van der Waals surface area contributed by atoms with Crippen molar-refractivity contribution in [1.82, 2.24) is 15.1 Å². The molecule has 0 aliphatic carbocycles. The van der Waals surface area contributed by atoms with Gasteiger partial charge in [0.25, 0.3) is 0 Å². The van der Waals surface area contributed by atoms with E-state index < -0.39 is 0 Å². The second-order valence-electron chi connectivity index (χ2n) is 3.62. The number of rotatable bonds is 3. The Morgan fingerprint density at radius 3 is 3.18 bits per heavy atom. The highest BCUT2D eigenvalue weighted by Crippen LogP contribution is 2.21. The summed E-state index contributed by atoms with van der Waals surface area (Å²) in [6.07, 6.45) is 0. The molecule has 0 radical (unpaired) electrons. The topological polar surface area (TPSA) is 63.8 Å². The molecule has 2 aromatic heterocycles. The van der Waals surface area contributed by atoms with Crippen LogP contribution >= 0.6 is 11.3 Å². The fourth-order valence-corrected chi connectivity index (χ4v) is 2.28. The lowest BCUT2D eigenvalue weighted by Crippen LogP contribution is -2.00. The number of hydrogen-bond acceptors (Lipinski definition) is 6. The van der Waals surface area contributed by atoms with Gasteiger partial charge in [-0.15, -0.1) is 11.3 Å². The summed E-state index contributed by atoms with van der Waals surface area (Å²) >= 11 is 1.63. The molecule has 1 aromatic carbocycles. The van der Waals surface area contributed by atoms with Crippen molar-refractivity contribution in [2.45, 2.75) is 13.5 Å². The number of fused-ring (bicyclic) bond motifs is 1. The highest BCUT2D eigenvalue weighted by molar-refractivity contribution is 7.16. The lowest BCUT2D eigenvalue weighted by Gasteiger charge is -2.02. The van der Waals surface area contributed by atoms with E-state index in [1.165, 1.54) is 4.70 Å². The van der Waals surface area contributed by atoms with E-state index in [-0.39, 0.29) is 0 Å². The van der Waals surface area contributed by atoms with Gasteiger partial charge in [0, 0.05) is 12.6 Å². The van der Waals surface area contributed by atoms with Crippen molar-refractivity contribution < 1.29 is 4.52 Å². The third-order valence-electron chi connectivity index (χ3n) is 2.35. The van der Waals surface area contributed by atoms with Gasteiger partial charge in [-0.25, -0.2) is 4.98 Å². The Hall–Kier alpha value is -1.95. The van der Waals surface area contributed by atoms with Gasteiger partial charge in [0.05, 0.1) is 22.3 Å². The number of benzene rings is 1. The van der Waals surface area contributed by atoms with E-state index in [0.717, 1.165) is 11.2 Å². The predicted octanol–water partition coefficient (Wildman–Crippen LogP) is 2.60. The third kappa shape index (κ3) is 2.12. The molecule has 0 spiro atoms. The number of nitrogens with zero attached hydrogens (tertiary/aromatic N) is 3. The van der Waals surface area contributed by atoms with Crippen LogP contribution < -0.4 is 5.32 Å². The number of aromatic nitrogens is 3. The zero-order valence-electron chi connectivity index (χ0n) is 9.17. The molecule has 1 N–H and O–H groups in total. The summed E-state index contributed by atoms with van der Waals surface area (Å²) in [6.45, 7) is 2.33. The van der Waals surface area contributed by atoms with Crippen LogP contribution in [0.25, 0.3) is 10.2 Å². The van der Waals surface area contributed by atoms with Crippen LogP contribution in [0.3, 0.4) is 0 Å². The summed E-state index contributed by atoms with van der Waals surface area (Å²) in [6, 6.07) is 6.06. The van der Waals surface area contributed by atoms with Crippen LogP contribution in [0, 0.1) is 6.92 Å². The van der Waals surface area contributed by atoms with Gasteiger partial charge < -0.3 is 9.84 Å². The van der Waals surface area contributed by atoms with Crippen molar-refractivity contribution in [3.8, 4) is 0 Å². The third-order valence-corrected chi connectivity index (χ3v) is 3.14. The zero-order chi connectivity index (χ0) is 11.7. The average molecular weight is 246 g/mol. The van der Waals surface area contributed by atoms with Crippen LogP contribution in [-0.4, -0.2) is 15.1 Å². The van der Waals surface area contributed by atoms with Gasteiger partial charge in [-0.1, -0.05) is 5.16 Å². The molecular weight excluding hydrogens is 236 g/mol. The van der Waals surface area contributed by atoms with Crippen molar-refractivity contribution in [2.24, 2.45) is 0 Å². The maximum atomic E-state index is 4.90. The molecule has 17 heavy (non-hydrogen) atoms. The van der Waals surface area contributed by atoms with Gasteiger partial charge in [-0.2, -0.15) is 4.98 Å². The molecule has 0 aliphatic rings. The molecule has 86 valence electrons. The smallest absolute Gasteiger partial charge is 0.223 e. The van der Waals surface area contributed by atoms with Gasteiger partial charge in [-0.05, 0) is 18.2 Å². The Morgan fingerprint density at radius 1 is 1.41 bits per heavy atom. The molecule has 0 unspecified atom stereocenters. The Morgan fingerprint density at radius 2 is 2.35 bits per heavy atom. The minimum absolute atomic E-state index is 0.557. The molecule has 3 aromatic rings. The van der Waals surface area contributed by atoms with E-state index in [1.54, 1.807) is 18.3 Å². The maximum absolute atomic E-state index is 4.90. The van der Waals surface area contributed by atoms with Crippen molar-refractivity contribution >= 4 is 27.2 Å². The van der Waals surface area contributed by atoms with E-state index >= 15 is 0 Å². The first-order valence-electron chi connectivity index (χ1n) is 5.17. The van der Waals surface area contributed by atoms with Crippen molar-refractivity contribution in [3.05, 3.63) is 35.4 Å². The first-order chi connectivity index (χ1) is 8.31. The zero-order valence-corrected chi connectivity index (χ0v) is 9.99. The summed E-state index contributed by atoms with van der Waals surface area (Å²) in [5.41, 5.74) is 3.90. The minimum Gasteiger partial charge on any atom is -0.378 e. The fourth-order valence-electron chi connectivity index (χ4n) is 1.56. The minimum atomic E-state index is 0.557. The number of thiazole rings is 1. The molecular formula is C11H10N4OS. The number of anilines is 1. The van der Waals surface area contributed by atoms with Gasteiger partial charge in [-0.3, -0.25) is 0 Å². The van der Waals surface area contributed by atoms with Crippen molar-refractivity contribution in [3.63, 3.8) is 0 Å².